The predicted octanol–water partition coefficient (Wildman–Crippen LogP) is 1.33. The van der Waals surface area contributed by atoms with E-state index in [0.717, 1.165) is 0 Å². The summed E-state index contributed by atoms with van der Waals surface area (Å²) in [5, 5.41) is 0. The first-order chi connectivity index (χ1) is 11.1. The van der Waals surface area contributed by atoms with Gasteiger partial charge in [0, 0.05) is 25.0 Å². The zero-order chi connectivity index (χ0) is 16.3. The van der Waals surface area contributed by atoms with Gasteiger partial charge in [-0.2, -0.15) is 4.31 Å². The normalized spacial score (nSPS) is 18.7. The summed E-state index contributed by atoms with van der Waals surface area (Å²) in [7, 11) is -2.05. The average Bonchev–Trinajstić information content (AvgIpc) is 3.05. The quantitative estimate of drug-likeness (QED) is 0.820. The van der Waals surface area contributed by atoms with Gasteiger partial charge >= 0.3 is 0 Å². The van der Waals surface area contributed by atoms with Gasteiger partial charge in [0.05, 0.1) is 24.7 Å². The zero-order valence-corrected chi connectivity index (χ0v) is 13.4. The van der Waals surface area contributed by atoms with Crippen LogP contribution in [0.3, 0.4) is 0 Å². The van der Waals surface area contributed by atoms with Gasteiger partial charge in [0.15, 0.2) is 0 Å². The van der Waals surface area contributed by atoms with Gasteiger partial charge in [0.2, 0.25) is 15.9 Å². The fourth-order valence-electron chi connectivity index (χ4n) is 2.44. The van der Waals surface area contributed by atoms with Crippen molar-refractivity contribution in [2.75, 3.05) is 20.2 Å². The minimum atomic E-state index is -3.56. The first kappa shape index (κ1) is 15.7. The van der Waals surface area contributed by atoms with E-state index < -0.39 is 10.0 Å². The second-order valence-electron chi connectivity index (χ2n) is 5.11. The van der Waals surface area contributed by atoms with Crippen molar-refractivity contribution in [3.05, 3.63) is 42.9 Å². The van der Waals surface area contributed by atoms with Gasteiger partial charge < -0.3 is 9.47 Å². The maximum Gasteiger partial charge on any atom is 0.243 e. The molecule has 8 heteroatoms. The average molecular weight is 335 g/mol. The van der Waals surface area contributed by atoms with E-state index >= 15 is 0 Å². The van der Waals surface area contributed by atoms with E-state index in [1.165, 1.54) is 29.9 Å². The highest BCUT2D eigenvalue weighted by Crippen LogP contribution is 2.25. The van der Waals surface area contributed by atoms with E-state index in [4.69, 9.17) is 9.47 Å². The van der Waals surface area contributed by atoms with Gasteiger partial charge in [-0.3, -0.25) is 4.98 Å². The van der Waals surface area contributed by atoms with Crippen molar-refractivity contribution in [2.24, 2.45) is 0 Å². The first-order valence-electron chi connectivity index (χ1n) is 7.16. The number of hydrogen-bond donors (Lipinski definition) is 0. The molecule has 1 aliphatic rings. The zero-order valence-electron chi connectivity index (χ0n) is 12.6. The summed E-state index contributed by atoms with van der Waals surface area (Å²) in [4.78, 5) is 8.19. The fourth-order valence-corrected chi connectivity index (χ4v) is 3.96. The smallest absolute Gasteiger partial charge is 0.243 e. The molecule has 1 aromatic heterocycles. The molecule has 0 amide bonds. The van der Waals surface area contributed by atoms with Crippen LogP contribution < -0.4 is 9.47 Å². The first-order valence-corrected chi connectivity index (χ1v) is 8.60. The third-order valence-corrected chi connectivity index (χ3v) is 5.47. The highest BCUT2D eigenvalue weighted by molar-refractivity contribution is 7.89. The predicted molar refractivity (Wildman–Crippen MR) is 82.8 cm³/mol. The van der Waals surface area contributed by atoms with E-state index in [0.29, 0.717) is 24.6 Å². The summed E-state index contributed by atoms with van der Waals surface area (Å²) in [5.74, 6) is 0.913. The van der Waals surface area contributed by atoms with Gasteiger partial charge in [-0.1, -0.05) is 6.07 Å². The van der Waals surface area contributed by atoms with E-state index in [1.54, 1.807) is 24.4 Å². The molecular weight excluding hydrogens is 318 g/mol. The number of rotatable bonds is 5. The monoisotopic (exact) mass is 335 g/mol. The number of aromatic nitrogens is 2. The second kappa shape index (κ2) is 6.51. The van der Waals surface area contributed by atoms with E-state index in [1.807, 2.05) is 0 Å². The molecule has 0 radical (unpaired) electrons. The van der Waals surface area contributed by atoms with Gasteiger partial charge in [-0.05, 0) is 18.6 Å². The van der Waals surface area contributed by atoms with Crippen LogP contribution in [-0.4, -0.2) is 49.0 Å². The standard InChI is InChI=1S/C15H17N3O4S/c1-21-12-3-2-4-14(9-12)23(19,20)18-8-5-13(11-18)22-15-10-16-6-7-17-15/h2-4,6-7,9-10,13H,5,8,11H2,1H3. The summed E-state index contributed by atoms with van der Waals surface area (Å²) >= 11 is 0. The molecule has 1 atom stereocenters. The van der Waals surface area contributed by atoms with E-state index in [9.17, 15) is 8.42 Å². The molecule has 0 saturated carbocycles. The lowest BCUT2D eigenvalue weighted by Gasteiger charge is -2.17. The molecule has 7 nitrogen and oxygen atoms in total. The summed E-state index contributed by atoms with van der Waals surface area (Å²) in [6.45, 7) is 0.695. The van der Waals surface area contributed by atoms with Crippen molar-refractivity contribution in [3.63, 3.8) is 0 Å². The van der Waals surface area contributed by atoms with Gasteiger partial charge in [0.25, 0.3) is 0 Å². The third kappa shape index (κ3) is 3.43. The molecule has 0 N–H and O–H groups in total. The Hall–Kier alpha value is -2.19. The van der Waals surface area contributed by atoms with Crippen molar-refractivity contribution >= 4 is 10.0 Å². The van der Waals surface area contributed by atoms with Crippen LogP contribution >= 0.6 is 0 Å². The Bertz CT molecular complexity index is 767. The molecule has 0 aliphatic carbocycles. The van der Waals surface area contributed by atoms with Crippen LogP contribution in [0.5, 0.6) is 11.6 Å². The Morgan fingerprint density at radius 3 is 2.91 bits per heavy atom. The molecule has 3 rings (SSSR count). The Labute approximate surface area is 134 Å². The minimum Gasteiger partial charge on any atom is -0.497 e. The minimum absolute atomic E-state index is 0.219. The maximum atomic E-state index is 12.7. The van der Waals surface area contributed by atoms with Crippen LogP contribution in [0.1, 0.15) is 6.42 Å². The number of ether oxygens (including phenoxy) is 2. The van der Waals surface area contributed by atoms with Gasteiger partial charge in [-0.15, -0.1) is 0 Å². The summed E-state index contributed by atoms with van der Waals surface area (Å²) in [6, 6.07) is 6.46. The molecule has 1 saturated heterocycles. The Morgan fingerprint density at radius 2 is 2.17 bits per heavy atom. The van der Waals surface area contributed by atoms with Crippen LogP contribution in [0.4, 0.5) is 0 Å². The van der Waals surface area contributed by atoms with Crippen LogP contribution in [0, 0.1) is 0 Å². The number of nitrogens with zero attached hydrogens (tertiary/aromatic N) is 3. The molecule has 0 spiro atoms. The van der Waals surface area contributed by atoms with Crippen LogP contribution in [0.15, 0.2) is 47.8 Å². The number of sulfonamides is 1. The Balaban J connectivity index is 1.72. The molecule has 122 valence electrons. The highest BCUT2D eigenvalue weighted by atomic mass is 32.2. The maximum absolute atomic E-state index is 12.7. The Kier molecular flexibility index (Phi) is 4.44. The largest absolute Gasteiger partial charge is 0.497 e. The highest BCUT2D eigenvalue weighted by Gasteiger charge is 2.34. The Morgan fingerprint density at radius 1 is 1.30 bits per heavy atom. The topological polar surface area (TPSA) is 81.6 Å². The molecule has 0 bridgehead atoms. The summed E-state index contributed by atoms with van der Waals surface area (Å²) < 4.78 is 37.6. The van der Waals surface area contributed by atoms with Crippen molar-refractivity contribution in [1.82, 2.24) is 14.3 Å². The fraction of sp³-hybridized carbons (Fsp3) is 0.333. The number of benzene rings is 1. The molecule has 1 unspecified atom stereocenters. The number of methoxy groups -OCH3 is 1. The van der Waals surface area contributed by atoms with Crippen molar-refractivity contribution in [2.45, 2.75) is 17.4 Å². The molecule has 23 heavy (non-hydrogen) atoms. The molecule has 2 heterocycles. The van der Waals surface area contributed by atoms with Crippen molar-refractivity contribution in [3.8, 4) is 11.6 Å². The lowest BCUT2D eigenvalue weighted by molar-refractivity contribution is 0.206. The molecule has 1 aromatic carbocycles. The van der Waals surface area contributed by atoms with Crippen molar-refractivity contribution < 1.29 is 17.9 Å². The van der Waals surface area contributed by atoms with Crippen molar-refractivity contribution in [1.29, 1.82) is 0 Å². The van der Waals surface area contributed by atoms with Gasteiger partial charge in [-0.25, -0.2) is 13.4 Å². The number of hydrogen-bond acceptors (Lipinski definition) is 6. The van der Waals surface area contributed by atoms with E-state index in [2.05, 4.69) is 9.97 Å². The SMILES string of the molecule is COc1cccc(S(=O)(=O)N2CCC(Oc3cnccn3)C2)c1. The molecule has 2 aromatic rings. The van der Waals surface area contributed by atoms with Crippen LogP contribution in [0.25, 0.3) is 0 Å². The summed E-state index contributed by atoms with van der Waals surface area (Å²) in [5.41, 5.74) is 0. The molecule has 1 fully saturated rings. The molecular formula is C15H17N3O4S. The lowest BCUT2D eigenvalue weighted by Crippen LogP contribution is -2.31. The third-order valence-electron chi connectivity index (χ3n) is 3.61. The van der Waals surface area contributed by atoms with Crippen LogP contribution in [-0.2, 0) is 10.0 Å². The molecule has 1 aliphatic heterocycles. The summed E-state index contributed by atoms with van der Waals surface area (Å²) in [6.07, 6.45) is 4.99. The second-order valence-corrected chi connectivity index (χ2v) is 7.05. The lowest BCUT2D eigenvalue weighted by atomic mass is 10.3. The van der Waals surface area contributed by atoms with E-state index in [-0.39, 0.29) is 17.5 Å². The van der Waals surface area contributed by atoms with Crippen LogP contribution in [0.2, 0.25) is 0 Å². The van der Waals surface area contributed by atoms with Gasteiger partial charge in [0.1, 0.15) is 11.9 Å².